The Balaban J connectivity index is 1.42. The summed E-state index contributed by atoms with van der Waals surface area (Å²) in [6, 6.07) is 9.34. The van der Waals surface area contributed by atoms with Gasteiger partial charge in [0.25, 0.3) is 0 Å². The van der Waals surface area contributed by atoms with Gasteiger partial charge in [0, 0.05) is 32.2 Å². The van der Waals surface area contributed by atoms with Crippen molar-refractivity contribution in [3.8, 4) is 5.75 Å². The maximum Gasteiger partial charge on any atom is 0.142 e. The summed E-state index contributed by atoms with van der Waals surface area (Å²) in [6.45, 7) is 7.09. The van der Waals surface area contributed by atoms with Crippen molar-refractivity contribution in [2.75, 3.05) is 38.2 Å². The number of benzene rings is 1. The van der Waals surface area contributed by atoms with E-state index in [0.29, 0.717) is 0 Å². The molecule has 4 rings (SSSR count). The molecular formula is C22H34N2O. The second kappa shape index (κ2) is 7.57. The minimum Gasteiger partial charge on any atom is -0.495 e. The molecule has 0 aromatic heterocycles. The molecule has 0 amide bonds. The van der Waals surface area contributed by atoms with Crippen molar-refractivity contribution in [3.05, 3.63) is 24.3 Å². The molecule has 3 fully saturated rings. The molecule has 1 aliphatic heterocycles. The maximum absolute atomic E-state index is 5.57. The maximum atomic E-state index is 5.57. The van der Waals surface area contributed by atoms with E-state index in [9.17, 15) is 0 Å². The Hall–Kier alpha value is -1.22. The van der Waals surface area contributed by atoms with Crippen LogP contribution in [0.3, 0.4) is 0 Å². The van der Waals surface area contributed by atoms with Crippen molar-refractivity contribution < 1.29 is 4.74 Å². The molecule has 138 valence electrons. The van der Waals surface area contributed by atoms with Gasteiger partial charge in [-0.3, -0.25) is 4.90 Å². The Labute approximate surface area is 153 Å². The molecule has 0 radical (unpaired) electrons. The second-order valence-corrected chi connectivity index (χ2v) is 8.38. The van der Waals surface area contributed by atoms with Crippen LogP contribution in [-0.4, -0.2) is 44.2 Å². The van der Waals surface area contributed by atoms with Crippen molar-refractivity contribution in [2.24, 2.45) is 17.8 Å². The predicted molar refractivity (Wildman–Crippen MR) is 104 cm³/mol. The van der Waals surface area contributed by atoms with Crippen LogP contribution in [0, 0.1) is 17.8 Å². The van der Waals surface area contributed by atoms with Crippen molar-refractivity contribution in [1.29, 1.82) is 0 Å². The van der Waals surface area contributed by atoms with Crippen LogP contribution >= 0.6 is 0 Å². The monoisotopic (exact) mass is 342 g/mol. The van der Waals surface area contributed by atoms with Gasteiger partial charge in [0.1, 0.15) is 5.75 Å². The Morgan fingerprint density at radius 3 is 2.32 bits per heavy atom. The van der Waals surface area contributed by atoms with Crippen LogP contribution < -0.4 is 9.64 Å². The van der Waals surface area contributed by atoms with Crippen LogP contribution in [0.4, 0.5) is 5.69 Å². The highest BCUT2D eigenvalue weighted by atomic mass is 16.5. The standard InChI is InChI=1S/C22H34N2O/c1-3-17-15-18-7-6-8-19(16-17)22(18)24-13-11-23(12-14-24)20-9-4-5-10-21(20)25-2/h4-5,9-10,17-19,22H,3,6-8,11-16H2,1-2H3. The molecule has 2 aliphatic carbocycles. The number of fused-ring (bicyclic) bond motifs is 2. The van der Waals surface area contributed by atoms with E-state index in [1.54, 1.807) is 7.11 Å². The zero-order chi connectivity index (χ0) is 17.2. The first-order chi connectivity index (χ1) is 12.3. The highest BCUT2D eigenvalue weighted by Crippen LogP contribution is 2.46. The van der Waals surface area contributed by atoms with Gasteiger partial charge >= 0.3 is 0 Å². The number of nitrogens with zero attached hydrogens (tertiary/aromatic N) is 2. The summed E-state index contributed by atoms with van der Waals surface area (Å²) in [6.07, 6.45) is 8.80. The third-order valence-corrected chi connectivity index (χ3v) is 7.13. The van der Waals surface area contributed by atoms with Crippen LogP contribution in [0.15, 0.2) is 24.3 Å². The summed E-state index contributed by atoms with van der Waals surface area (Å²) in [4.78, 5) is 5.37. The molecule has 2 atom stereocenters. The van der Waals surface area contributed by atoms with E-state index in [1.165, 1.54) is 57.3 Å². The Morgan fingerprint density at radius 1 is 1.00 bits per heavy atom. The quantitative estimate of drug-likeness (QED) is 0.805. The number of ether oxygens (including phenoxy) is 1. The number of rotatable bonds is 4. The van der Waals surface area contributed by atoms with Crippen LogP contribution in [0.1, 0.15) is 45.4 Å². The minimum absolute atomic E-state index is 0.872. The number of piperazine rings is 1. The van der Waals surface area contributed by atoms with Crippen molar-refractivity contribution in [2.45, 2.75) is 51.5 Å². The molecule has 3 heteroatoms. The molecule has 0 N–H and O–H groups in total. The van der Waals surface area contributed by atoms with Gasteiger partial charge in [-0.2, -0.15) is 0 Å². The summed E-state index contributed by atoms with van der Waals surface area (Å²) >= 11 is 0. The predicted octanol–water partition coefficient (Wildman–Crippen LogP) is 4.42. The van der Waals surface area contributed by atoms with E-state index in [2.05, 4.69) is 41.0 Å². The number of anilines is 1. The molecule has 3 nitrogen and oxygen atoms in total. The molecule has 3 aliphatic rings. The largest absolute Gasteiger partial charge is 0.495 e. The highest BCUT2D eigenvalue weighted by molar-refractivity contribution is 5.58. The van der Waals surface area contributed by atoms with Crippen molar-refractivity contribution >= 4 is 5.69 Å². The molecular weight excluding hydrogens is 308 g/mol. The molecule has 1 heterocycles. The SMILES string of the molecule is CCC1CC2CCCC(C1)C2N1CCN(c2ccccc2OC)CC1. The van der Waals surface area contributed by atoms with Gasteiger partial charge in [0.05, 0.1) is 12.8 Å². The Morgan fingerprint density at radius 2 is 1.68 bits per heavy atom. The zero-order valence-corrected chi connectivity index (χ0v) is 16.0. The second-order valence-electron chi connectivity index (χ2n) is 8.38. The average molecular weight is 343 g/mol. The molecule has 0 spiro atoms. The lowest BCUT2D eigenvalue weighted by Crippen LogP contribution is -2.57. The van der Waals surface area contributed by atoms with E-state index in [-0.39, 0.29) is 0 Å². The first-order valence-electron chi connectivity index (χ1n) is 10.4. The van der Waals surface area contributed by atoms with Crippen LogP contribution in [0.2, 0.25) is 0 Å². The van der Waals surface area contributed by atoms with Crippen LogP contribution in [0.25, 0.3) is 0 Å². The van der Waals surface area contributed by atoms with Gasteiger partial charge in [0.2, 0.25) is 0 Å². The number of methoxy groups -OCH3 is 1. The summed E-state index contributed by atoms with van der Waals surface area (Å²) in [5.41, 5.74) is 1.26. The molecule has 1 aromatic carbocycles. The fourth-order valence-corrected chi connectivity index (χ4v) is 5.92. The van der Waals surface area contributed by atoms with Crippen LogP contribution in [0.5, 0.6) is 5.75 Å². The van der Waals surface area contributed by atoms with E-state index in [1.807, 2.05) is 0 Å². The first-order valence-corrected chi connectivity index (χ1v) is 10.4. The molecule has 2 saturated carbocycles. The van der Waals surface area contributed by atoms with E-state index < -0.39 is 0 Å². The van der Waals surface area contributed by atoms with Gasteiger partial charge < -0.3 is 9.64 Å². The zero-order valence-electron chi connectivity index (χ0n) is 16.0. The Bertz CT molecular complexity index is 553. The van der Waals surface area contributed by atoms with Gasteiger partial charge in [-0.1, -0.05) is 31.9 Å². The molecule has 1 saturated heterocycles. The summed E-state index contributed by atoms with van der Waals surface area (Å²) < 4.78 is 5.57. The molecule has 2 unspecified atom stereocenters. The highest BCUT2D eigenvalue weighted by Gasteiger charge is 2.43. The number of hydrogen-bond acceptors (Lipinski definition) is 3. The normalized spacial score (nSPS) is 33.3. The fraction of sp³-hybridized carbons (Fsp3) is 0.727. The third kappa shape index (κ3) is 3.40. The third-order valence-electron chi connectivity index (χ3n) is 7.13. The van der Waals surface area contributed by atoms with E-state index in [4.69, 9.17) is 4.74 Å². The topological polar surface area (TPSA) is 15.7 Å². The van der Waals surface area contributed by atoms with Crippen molar-refractivity contribution in [3.63, 3.8) is 0 Å². The van der Waals surface area contributed by atoms with E-state index in [0.717, 1.165) is 42.6 Å². The lowest BCUT2D eigenvalue weighted by molar-refractivity contribution is -0.00400. The van der Waals surface area contributed by atoms with Gasteiger partial charge in [-0.05, 0) is 55.6 Å². The lowest BCUT2D eigenvalue weighted by atomic mass is 9.63. The van der Waals surface area contributed by atoms with E-state index >= 15 is 0 Å². The molecule has 2 bridgehead atoms. The minimum atomic E-state index is 0.872. The summed E-state index contributed by atoms with van der Waals surface area (Å²) in [5, 5.41) is 0. The summed E-state index contributed by atoms with van der Waals surface area (Å²) in [5.74, 6) is 3.95. The fourth-order valence-electron chi connectivity index (χ4n) is 5.92. The van der Waals surface area contributed by atoms with Crippen LogP contribution in [-0.2, 0) is 0 Å². The lowest BCUT2D eigenvalue weighted by Gasteiger charge is -2.52. The molecule has 25 heavy (non-hydrogen) atoms. The van der Waals surface area contributed by atoms with Gasteiger partial charge in [-0.25, -0.2) is 0 Å². The smallest absolute Gasteiger partial charge is 0.142 e. The number of para-hydroxylation sites is 2. The van der Waals surface area contributed by atoms with Gasteiger partial charge in [0.15, 0.2) is 0 Å². The Kier molecular flexibility index (Phi) is 5.21. The molecule has 1 aromatic rings. The van der Waals surface area contributed by atoms with Gasteiger partial charge in [-0.15, -0.1) is 0 Å². The summed E-state index contributed by atoms with van der Waals surface area (Å²) in [7, 11) is 1.78. The van der Waals surface area contributed by atoms with Crippen molar-refractivity contribution in [1.82, 2.24) is 4.90 Å². The average Bonchev–Trinajstić information content (AvgIpc) is 2.67. The first kappa shape index (κ1) is 17.2. The number of hydrogen-bond donors (Lipinski definition) is 0.